The van der Waals surface area contributed by atoms with Gasteiger partial charge in [-0.05, 0) is 48.0 Å². The average molecular weight is 259 g/mol. The summed E-state index contributed by atoms with van der Waals surface area (Å²) >= 11 is 0. The lowest BCUT2D eigenvalue weighted by atomic mass is 10.0. The van der Waals surface area contributed by atoms with Gasteiger partial charge < -0.3 is 10.5 Å². The summed E-state index contributed by atoms with van der Waals surface area (Å²) in [6.07, 6.45) is 1.32. The van der Waals surface area contributed by atoms with Crippen molar-refractivity contribution >= 4 is 5.69 Å². The molecular formula is C13H17N5O. The predicted octanol–water partition coefficient (Wildman–Crippen LogP) is 1.35. The molecule has 0 aliphatic carbocycles. The van der Waals surface area contributed by atoms with Gasteiger partial charge in [-0.1, -0.05) is 0 Å². The van der Waals surface area contributed by atoms with Crippen molar-refractivity contribution in [2.75, 3.05) is 12.3 Å². The molecule has 100 valence electrons. The lowest BCUT2D eigenvalue weighted by molar-refractivity contribution is 0.101. The van der Waals surface area contributed by atoms with Crippen LogP contribution in [0, 0.1) is 5.92 Å². The molecule has 0 radical (unpaired) electrons. The van der Waals surface area contributed by atoms with E-state index in [4.69, 9.17) is 10.5 Å². The highest BCUT2D eigenvalue weighted by Gasteiger charge is 2.26. The second-order valence-electron chi connectivity index (χ2n) is 4.93. The first kappa shape index (κ1) is 12.1. The summed E-state index contributed by atoms with van der Waals surface area (Å²) in [5, 5.41) is 12.0. The number of hydrogen-bond acceptors (Lipinski definition) is 5. The molecular weight excluding hydrogens is 242 g/mol. The SMILES string of the molecule is CC1OCCC1Cn1nnnc1-c1ccc(N)cc1. The lowest BCUT2D eigenvalue weighted by Crippen LogP contribution is -2.19. The Kier molecular flexibility index (Phi) is 3.16. The van der Waals surface area contributed by atoms with Crippen LogP contribution in [0.1, 0.15) is 13.3 Å². The van der Waals surface area contributed by atoms with E-state index in [-0.39, 0.29) is 6.10 Å². The van der Waals surface area contributed by atoms with Crippen molar-refractivity contribution in [3.63, 3.8) is 0 Å². The average Bonchev–Trinajstić information content (AvgIpc) is 3.01. The fourth-order valence-corrected chi connectivity index (χ4v) is 2.40. The van der Waals surface area contributed by atoms with Crippen LogP contribution in [0.5, 0.6) is 0 Å². The highest BCUT2D eigenvalue weighted by atomic mass is 16.5. The third-order valence-corrected chi connectivity index (χ3v) is 3.64. The Morgan fingerprint density at radius 1 is 1.37 bits per heavy atom. The van der Waals surface area contributed by atoms with Gasteiger partial charge in [0.05, 0.1) is 12.6 Å². The highest BCUT2D eigenvalue weighted by molar-refractivity contribution is 5.58. The van der Waals surface area contributed by atoms with Crippen LogP contribution in [0.4, 0.5) is 5.69 Å². The van der Waals surface area contributed by atoms with Crippen molar-refractivity contribution in [1.82, 2.24) is 20.2 Å². The molecule has 0 saturated carbocycles. The van der Waals surface area contributed by atoms with E-state index in [9.17, 15) is 0 Å². The number of rotatable bonds is 3. The van der Waals surface area contributed by atoms with E-state index >= 15 is 0 Å². The number of nitrogens with zero attached hydrogens (tertiary/aromatic N) is 4. The fourth-order valence-electron chi connectivity index (χ4n) is 2.40. The minimum atomic E-state index is 0.267. The van der Waals surface area contributed by atoms with Gasteiger partial charge in [-0.3, -0.25) is 0 Å². The number of anilines is 1. The number of hydrogen-bond donors (Lipinski definition) is 1. The Balaban J connectivity index is 1.84. The molecule has 0 amide bonds. The molecule has 2 aromatic rings. The summed E-state index contributed by atoms with van der Waals surface area (Å²) in [6.45, 7) is 3.71. The first-order valence-corrected chi connectivity index (χ1v) is 6.48. The molecule has 1 aromatic carbocycles. The largest absolute Gasteiger partial charge is 0.399 e. The summed E-state index contributed by atoms with van der Waals surface area (Å²) in [5.74, 6) is 1.25. The van der Waals surface area contributed by atoms with E-state index in [0.717, 1.165) is 36.6 Å². The van der Waals surface area contributed by atoms with Gasteiger partial charge >= 0.3 is 0 Å². The minimum Gasteiger partial charge on any atom is -0.399 e. The number of benzene rings is 1. The molecule has 2 unspecified atom stereocenters. The minimum absolute atomic E-state index is 0.267. The van der Waals surface area contributed by atoms with Crippen LogP contribution in [0.25, 0.3) is 11.4 Å². The maximum atomic E-state index is 5.69. The van der Waals surface area contributed by atoms with E-state index in [2.05, 4.69) is 22.4 Å². The van der Waals surface area contributed by atoms with Crippen molar-refractivity contribution in [3.8, 4) is 11.4 Å². The molecule has 1 saturated heterocycles. The van der Waals surface area contributed by atoms with Gasteiger partial charge in [0.1, 0.15) is 0 Å². The lowest BCUT2D eigenvalue weighted by Gasteiger charge is -2.14. The molecule has 0 bridgehead atoms. The van der Waals surface area contributed by atoms with E-state index in [1.54, 1.807) is 0 Å². The first-order valence-electron chi connectivity index (χ1n) is 6.48. The molecule has 1 aromatic heterocycles. The molecule has 1 aliphatic rings. The Hall–Kier alpha value is -1.95. The number of nitrogens with two attached hydrogens (primary N) is 1. The Labute approximate surface area is 111 Å². The van der Waals surface area contributed by atoms with Gasteiger partial charge in [0.25, 0.3) is 0 Å². The second kappa shape index (κ2) is 4.97. The van der Waals surface area contributed by atoms with Gasteiger partial charge in [-0.25, -0.2) is 4.68 Å². The van der Waals surface area contributed by atoms with Crippen LogP contribution in [-0.2, 0) is 11.3 Å². The summed E-state index contributed by atoms with van der Waals surface area (Å²) < 4.78 is 7.43. The van der Waals surface area contributed by atoms with Gasteiger partial charge in [0.15, 0.2) is 5.82 Å². The quantitative estimate of drug-likeness (QED) is 0.842. The molecule has 2 heterocycles. The third kappa shape index (κ3) is 2.44. The van der Waals surface area contributed by atoms with E-state index < -0.39 is 0 Å². The Bertz CT molecular complexity index is 550. The maximum Gasteiger partial charge on any atom is 0.182 e. The molecule has 1 aliphatic heterocycles. The van der Waals surface area contributed by atoms with Crippen molar-refractivity contribution in [2.24, 2.45) is 5.92 Å². The number of ether oxygens (including phenoxy) is 1. The second-order valence-corrected chi connectivity index (χ2v) is 4.93. The summed E-state index contributed by atoms with van der Waals surface area (Å²) in [5.41, 5.74) is 7.41. The van der Waals surface area contributed by atoms with E-state index in [1.807, 2.05) is 28.9 Å². The van der Waals surface area contributed by atoms with Gasteiger partial charge in [0, 0.05) is 23.8 Å². The standard InChI is InChI=1S/C13H17N5O/c1-9-11(6-7-19-9)8-18-13(15-16-17-18)10-2-4-12(14)5-3-10/h2-5,9,11H,6-8,14H2,1H3. The molecule has 19 heavy (non-hydrogen) atoms. The van der Waals surface area contributed by atoms with Crippen molar-refractivity contribution in [1.29, 1.82) is 0 Å². The van der Waals surface area contributed by atoms with Crippen LogP contribution in [0.2, 0.25) is 0 Å². The van der Waals surface area contributed by atoms with Crippen LogP contribution in [-0.4, -0.2) is 32.9 Å². The molecule has 2 N–H and O–H groups in total. The Morgan fingerprint density at radius 3 is 2.84 bits per heavy atom. The van der Waals surface area contributed by atoms with Gasteiger partial charge in [0.2, 0.25) is 0 Å². The van der Waals surface area contributed by atoms with Crippen LogP contribution >= 0.6 is 0 Å². The monoisotopic (exact) mass is 259 g/mol. The smallest absolute Gasteiger partial charge is 0.182 e. The summed E-state index contributed by atoms with van der Waals surface area (Å²) in [6, 6.07) is 7.59. The predicted molar refractivity (Wildman–Crippen MR) is 71.2 cm³/mol. The molecule has 1 fully saturated rings. The number of aromatic nitrogens is 4. The fraction of sp³-hybridized carbons (Fsp3) is 0.462. The van der Waals surface area contributed by atoms with Crippen LogP contribution < -0.4 is 5.73 Å². The van der Waals surface area contributed by atoms with E-state index in [1.165, 1.54) is 0 Å². The highest BCUT2D eigenvalue weighted by Crippen LogP contribution is 2.24. The molecule has 2 atom stereocenters. The number of tetrazole rings is 1. The van der Waals surface area contributed by atoms with Crippen LogP contribution in [0.15, 0.2) is 24.3 Å². The van der Waals surface area contributed by atoms with E-state index in [0.29, 0.717) is 5.92 Å². The normalized spacial score (nSPS) is 22.8. The maximum absolute atomic E-state index is 5.69. The topological polar surface area (TPSA) is 78.8 Å². The molecule has 6 nitrogen and oxygen atoms in total. The molecule has 0 spiro atoms. The molecule has 3 rings (SSSR count). The zero-order valence-corrected chi connectivity index (χ0v) is 10.9. The van der Waals surface area contributed by atoms with Crippen molar-refractivity contribution < 1.29 is 4.74 Å². The van der Waals surface area contributed by atoms with Gasteiger partial charge in [-0.15, -0.1) is 5.10 Å². The summed E-state index contributed by atoms with van der Waals surface area (Å²) in [4.78, 5) is 0. The zero-order valence-electron chi connectivity index (χ0n) is 10.9. The zero-order chi connectivity index (χ0) is 13.2. The van der Waals surface area contributed by atoms with Crippen LogP contribution in [0.3, 0.4) is 0 Å². The summed E-state index contributed by atoms with van der Waals surface area (Å²) in [7, 11) is 0. The number of nitrogen functional groups attached to an aromatic ring is 1. The van der Waals surface area contributed by atoms with Crippen molar-refractivity contribution in [2.45, 2.75) is 26.0 Å². The van der Waals surface area contributed by atoms with Crippen molar-refractivity contribution in [3.05, 3.63) is 24.3 Å². The Morgan fingerprint density at radius 2 is 2.16 bits per heavy atom. The third-order valence-electron chi connectivity index (χ3n) is 3.64. The molecule has 6 heteroatoms. The first-order chi connectivity index (χ1) is 9.24. The van der Waals surface area contributed by atoms with Gasteiger partial charge in [-0.2, -0.15) is 0 Å².